The van der Waals surface area contributed by atoms with Gasteiger partial charge in [0.15, 0.2) is 11.5 Å². The number of hydrogen-bond donors (Lipinski definition) is 1. The minimum Gasteiger partial charge on any atom is -0.493 e. The first kappa shape index (κ1) is 14.5. The quantitative estimate of drug-likeness (QED) is 0.865. The Bertz CT molecular complexity index is 477. The molecule has 2 aliphatic rings. The van der Waals surface area contributed by atoms with Crippen LogP contribution in [0.2, 0.25) is 0 Å². The van der Waals surface area contributed by atoms with Crippen molar-refractivity contribution in [2.24, 2.45) is 0 Å². The summed E-state index contributed by atoms with van der Waals surface area (Å²) in [5.74, 6) is 1.49. The van der Waals surface area contributed by atoms with Crippen molar-refractivity contribution < 1.29 is 14.2 Å². The van der Waals surface area contributed by atoms with Gasteiger partial charge in [-0.05, 0) is 25.0 Å². The third-order valence-corrected chi connectivity index (χ3v) is 4.69. The van der Waals surface area contributed by atoms with Crippen LogP contribution in [0.3, 0.4) is 0 Å². The lowest BCUT2D eigenvalue weighted by atomic mass is 9.79. The largest absolute Gasteiger partial charge is 0.493 e. The van der Waals surface area contributed by atoms with Gasteiger partial charge in [-0.2, -0.15) is 0 Å². The molecule has 1 aliphatic heterocycles. The Hall–Kier alpha value is -1.42. The molecule has 116 valence electrons. The maximum atomic E-state index is 6.20. The van der Waals surface area contributed by atoms with Crippen LogP contribution in [0.5, 0.6) is 11.5 Å². The molecule has 1 aromatic carbocycles. The molecule has 1 aliphatic carbocycles. The van der Waals surface area contributed by atoms with E-state index in [4.69, 9.17) is 19.9 Å². The lowest BCUT2D eigenvalue weighted by Gasteiger charge is -2.43. The molecule has 0 aromatic heterocycles. The van der Waals surface area contributed by atoms with Crippen molar-refractivity contribution in [2.45, 2.75) is 56.7 Å². The van der Waals surface area contributed by atoms with Crippen LogP contribution >= 0.6 is 0 Å². The summed E-state index contributed by atoms with van der Waals surface area (Å²) in [7, 11) is 1.65. The summed E-state index contributed by atoms with van der Waals surface area (Å²) < 4.78 is 17.7. The third kappa shape index (κ3) is 3.26. The van der Waals surface area contributed by atoms with Gasteiger partial charge in [0.25, 0.3) is 0 Å². The smallest absolute Gasteiger partial charge is 0.162 e. The molecule has 1 atom stereocenters. The van der Waals surface area contributed by atoms with Crippen molar-refractivity contribution in [2.75, 3.05) is 19.5 Å². The second-order valence-corrected chi connectivity index (χ2v) is 6.24. The molecule has 1 spiro atoms. The Morgan fingerprint density at radius 1 is 1.19 bits per heavy atom. The van der Waals surface area contributed by atoms with Gasteiger partial charge in [0.05, 0.1) is 19.3 Å². The van der Waals surface area contributed by atoms with Crippen LogP contribution < -0.4 is 15.2 Å². The van der Waals surface area contributed by atoms with Crippen LogP contribution in [-0.4, -0.2) is 25.4 Å². The Morgan fingerprint density at radius 3 is 2.76 bits per heavy atom. The minimum atomic E-state index is 0.0577. The molecular weight excluding hydrogens is 266 g/mol. The molecule has 0 bridgehead atoms. The van der Waals surface area contributed by atoms with Gasteiger partial charge < -0.3 is 19.9 Å². The summed E-state index contributed by atoms with van der Waals surface area (Å²) in [6.45, 7) is 0.794. The fourth-order valence-electron chi connectivity index (χ4n) is 3.59. The maximum Gasteiger partial charge on any atom is 0.162 e. The topological polar surface area (TPSA) is 53.7 Å². The first-order chi connectivity index (χ1) is 10.2. The van der Waals surface area contributed by atoms with Crippen molar-refractivity contribution in [3.8, 4) is 11.5 Å². The van der Waals surface area contributed by atoms with Crippen LogP contribution in [0.25, 0.3) is 0 Å². The van der Waals surface area contributed by atoms with Gasteiger partial charge >= 0.3 is 0 Å². The number of methoxy groups -OCH3 is 1. The third-order valence-electron chi connectivity index (χ3n) is 4.69. The first-order valence-corrected chi connectivity index (χ1v) is 7.95. The molecule has 3 rings (SSSR count). The Labute approximate surface area is 126 Å². The fraction of sp³-hybridized carbons (Fsp3) is 0.647. The van der Waals surface area contributed by atoms with Crippen molar-refractivity contribution in [3.63, 3.8) is 0 Å². The molecule has 1 heterocycles. The number of anilines is 1. The molecule has 4 nitrogen and oxygen atoms in total. The lowest BCUT2D eigenvalue weighted by Crippen LogP contribution is -2.45. The minimum absolute atomic E-state index is 0.0577. The number of ether oxygens (including phenoxy) is 3. The Kier molecular flexibility index (Phi) is 4.24. The highest BCUT2D eigenvalue weighted by molar-refractivity contribution is 5.52. The van der Waals surface area contributed by atoms with Crippen LogP contribution in [-0.2, 0) is 4.74 Å². The summed E-state index contributed by atoms with van der Waals surface area (Å²) in [4.78, 5) is 0. The van der Waals surface area contributed by atoms with E-state index in [0.717, 1.165) is 25.2 Å². The zero-order valence-corrected chi connectivity index (χ0v) is 12.8. The highest BCUT2D eigenvalue weighted by atomic mass is 16.5. The number of nitrogens with two attached hydrogens (primary N) is 1. The van der Waals surface area contributed by atoms with Gasteiger partial charge in [0.2, 0.25) is 0 Å². The SMILES string of the molecule is COc1cc(N)ccc1OC1CCOC2(CCCCC2)C1. The van der Waals surface area contributed by atoms with E-state index >= 15 is 0 Å². The van der Waals surface area contributed by atoms with E-state index in [1.54, 1.807) is 7.11 Å². The van der Waals surface area contributed by atoms with Gasteiger partial charge in [0, 0.05) is 24.6 Å². The van der Waals surface area contributed by atoms with Crippen molar-refractivity contribution in [1.29, 1.82) is 0 Å². The molecule has 2 fully saturated rings. The van der Waals surface area contributed by atoms with Gasteiger partial charge in [-0.15, -0.1) is 0 Å². The zero-order chi connectivity index (χ0) is 14.7. The molecule has 1 unspecified atom stereocenters. The number of hydrogen-bond acceptors (Lipinski definition) is 4. The van der Waals surface area contributed by atoms with E-state index in [1.807, 2.05) is 18.2 Å². The molecule has 0 radical (unpaired) electrons. The van der Waals surface area contributed by atoms with Crippen molar-refractivity contribution in [1.82, 2.24) is 0 Å². The van der Waals surface area contributed by atoms with Gasteiger partial charge in [-0.25, -0.2) is 0 Å². The summed E-state index contributed by atoms with van der Waals surface area (Å²) >= 11 is 0. The van der Waals surface area contributed by atoms with E-state index in [1.165, 1.54) is 32.1 Å². The van der Waals surface area contributed by atoms with Crippen LogP contribution in [0.4, 0.5) is 5.69 Å². The molecule has 1 aromatic rings. The summed E-state index contributed by atoms with van der Waals surface area (Å²) in [5.41, 5.74) is 6.54. The standard InChI is InChI=1S/C17H25NO3/c1-19-16-11-13(18)5-6-15(16)21-14-7-10-20-17(12-14)8-3-2-4-9-17/h5-6,11,14H,2-4,7-10,12,18H2,1H3. The van der Waals surface area contributed by atoms with Gasteiger partial charge in [-0.1, -0.05) is 19.3 Å². The fourth-order valence-corrected chi connectivity index (χ4v) is 3.59. The molecule has 4 heteroatoms. The lowest BCUT2D eigenvalue weighted by molar-refractivity contribution is -0.129. The van der Waals surface area contributed by atoms with E-state index < -0.39 is 0 Å². The zero-order valence-electron chi connectivity index (χ0n) is 12.8. The van der Waals surface area contributed by atoms with Gasteiger partial charge in [0.1, 0.15) is 6.10 Å². The summed E-state index contributed by atoms with van der Waals surface area (Å²) in [6, 6.07) is 5.57. The molecule has 1 saturated heterocycles. The van der Waals surface area contributed by atoms with Gasteiger partial charge in [-0.3, -0.25) is 0 Å². The van der Waals surface area contributed by atoms with E-state index in [2.05, 4.69) is 0 Å². The molecule has 21 heavy (non-hydrogen) atoms. The molecule has 0 amide bonds. The number of benzene rings is 1. The average Bonchev–Trinajstić information content (AvgIpc) is 2.50. The van der Waals surface area contributed by atoms with Crippen LogP contribution in [0.1, 0.15) is 44.9 Å². The van der Waals surface area contributed by atoms with Crippen LogP contribution in [0, 0.1) is 0 Å². The maximum absolute atomic E-state index is 6.20. The average molecular weight is 291 g/mol. The summed E-state index contributed by atoms with van der Waals surface area (Å²) in [6.07, 6.45) is 8.36. The van der Waals surface area contributed by atoms with Crippen molar-refractivity contribution in [3.05, 3.63) is 18.2 Å². The highest BCUT2D eigenvalue weighted by Crippen LogP contribution is 2.40. The highest BCUT2D eigenvalue weighted by Gasteiger charge is 2.39. The van der Waals surface area contributed by atoms with Crippen LogP contribution in [0.15, 0.2) is 18.2 Å². The monoisotopic (exact) mass is 291 g/mol. The number of nitrogen functional groups attached to an aromatic ring is 1. The Balaban J connectivity index is 1.70. The predicted molar refractivity (Wildman–Crippen MR) is 82.8 cm³/mol. The van der Waals surface area contributed by atoms with E-state index in [0.29, 0.717) is 11.4 Å². The van der Waals surface area contributed by atoms with E-state index in [9.17, 15) is 0 Å². The number of rotatable bonds is 3. The normalized spacial score (nSPS) is 24.7. The molecular formula is C17H25NO3. The summed E-state index contributed by atoms with van der Waals surface area (Å²) in [5, 5.41) is 0. The Morgan fingerprint density at radius 2 is 2.00 bits per heavy atom. The second kappa shape index (κ2) is 6.14. The predicted octanol–water partition coefficient (Wildman–Crippen LogP) is 3.54. The van der Waals surface area contributed by atoms with E-state index in [-0.39, 0.29) is 11.7 Å². The first-order valence-electron chi connectivity index (χ1n) is 7.95. The van der Waals surface area contributed by atoms with Crippen molar-refractivity contribution >= 4 is 5.69 Å². The molecule has 2 N–H and O–H groups in total. The second-order valence-electron chi connectivity index (χ2n) is 6.24. The molecule has 1 saturated carbocycles.